The second-order valence-electron chi connectivity index (χ2n) is 4.75. The van der Waals surface area contributed by atoms with Crippen molar-refractivity contribution < 1.29 is 9.53 Å². The van der Waals surface area contributed by atoms with Crippen molar-refractivity contribution in [3.63, 3.8) is 0 Å². The van der Waals surface area contributed by atoms with E-state index in [0.29, 0.717) is 19.5 Å². The van der Waals surface area contributed by atoms with Crippen LogP contribution in [0.2, 0.25) is 0 Å². The maximum atomic E-state index is 12.0. The maximum absolute atomic E-state index is 12.0. The number of nitrogens with two attached hydrogens (primary N) is 1. The number of carbonyl (C=O) groups is 1. The van der Waals surface area contributed by atoms with Gasteiger partial charge in [0.25, 0.3) is 0 Å². The highest BCUT2D eigenvalue weighted by atomic mass is 79.9. The van der Waals surface area contributed by atoms with E-state index < -0.39 is 0 Å². The lowest BCUT2D eigenvalue weighted by atomic mass is 10.1. The highest BCUT2D eigenvalue weighted by Gasteiger charge is 2.14. The lowest BCUT2D eigenvalue weighted by Gasteiger charge is -2.20. The van der Waals surface area contributed by atoms with Crippen LogP contribution in [-0.2, 0) is 11.3 Å². The molecule has 1 aromatic rings. The van der Waals surface area contributed by atoms with Gasteiger partial charge >= 0.3 is 0 Å². The Hall–Kier alpha value is -1.07. The van der Waals surface area contributed by atoms with E-state index in [0.717, 1.165) is 15.8 Å². The molecule has 0 bridgehead atoms. The molecule has 0 spiro atoms. The van der Waals surface area contributed by atoms with Gasteiger partial charge in [-0.3, -0.25) is 4.79 Å². The van der Waals surface area contributed by atoms with Crippen molar-refractivity contribution in [2.45, 2.75) is 19.9 Å². The molecule has 0 aliphatic carbocycles. The van der Waals surface area contributed by atoms with Gasteiger partial charge in [-0.1, -0.05) is 22.9 Å². The van der Waals surface area contributed by atoms with E-state index >= 15 is 0 Å². The molecule has 1 amide bonds. The summed E-state index contributed by atoms with van der Waals surface area (Å²) in [5, 5.41) is 0. The summed E-state index contributed by atoms with van der Waals surface area (Å²) in [6.45, 7) is 3.03. The van der Waals surface area contributed by atoms with Crippen LogP contribution in [0.15, 0.2) is 22.7 Å². The Morgan fingerprint density at radius 2 is 2.21 bits per heavy atom. The highest BCUT2D eigenvalue weighted by Crippen LogP contribution is 2.24. The zero-order chi connectivity index (χ0) is 14.4. The minimum atomic E-state index is 0.0972. The van der Waals surface area contributed by atoms with Crippen LogP contribution >= 0.6 is 15.9 Å². The Labute approximate surface area is 123 Å². The average Bonchev–Trinajstić information content (AvgIpc) is 2.38. The quantitative estimate of drug-likeness (QED) is 0.872. The second-order valence-corrected chi connectivity index (χ2v) is 5.67. The van der Waals surface area contributed by atoms with Gasteiger partial charge < -0.3 is 15.4 Å². The number of hydrogen-bond donors (Lipinski definition) is 1. The van der Waals surface area contributed by atoms with Gasteiger partial charge in [0.15, 0.2) is 0 Å². The molecule has 0 aliphatic rings. The van der Waals surface area contributed by atoms with Crippen LogP contribution in [0.1, 0.15) is 18.9 Å². The SMILES string of the molecule is COc1ccc(Br)cc1CN(C)C(=O)CC(C)CN. The minimum Gasteiger partial charge on any atom is -0.496 e. The number of nitrogens with zero attached hydrogens (tertiary/aromatic N) is 1. The fourth-order valence-electron chi connectivity index (χ4n) is 1.75. The van der Waals surface area contributed by atoms with E-state index in [-0.39, 0.29) is 11.8 Å². The first-order valence-electron chi connectivity index (χ1n) is 6.24. The Bertz CT molecular complexity index is 437. The van der Waals surface area contributed by atoms with Crippen molar-refractivity contribution in [1.82, 2.24) is 4.90 Å². The summed E-state index contributed by atoms with van der Waals surface area (Å²) in [6, 6.07) is 5.77. The number of ether oxygens (including phenoxy) is 1. The van der Waals surface area contributed by atoms with E-state index in [1.54, 1.807) is 19.1 Å². The first-order chi connectivity index (χ1) is 8.97. The number of halogens is 1. The molecule has 0 aromatic heterocycles. The van der Waals surface area contributed by atoms with Gasteiger partial charge in [0.2, 0.25) is 5.91 Å². The molecule has 1 unspecified atom stereocenters. The smallest absolute Gasteiger partial charge is 0.222 e. The molecule has 2 N–H and O–H groups in total. The summed E-state index contributed by atoms with van der Waals surface area (Å²) in [4.78, 5) is 13.7. The first kappa shape index (κ1) is 16.0. The van der Waals surface area contributed by atoms with Crippen molar-refractivity contribution in [2.75, 3.05) is 20.7 Å². The normalized spacial score (nSPS) is 12.1. The van der Waals surface area contributed by atoms with Crippen LogP contribution < -0.4 is 10.5 Å². The molecule has 1 rings (SSSR count). The Morgan fingerprint density at radius 3 is 2.79 bits per heavy atom. The van der Waals surface area contributed by atoms with E-state index in [9.17, 15) is 4.79 Å². The fourth-order valence-corrected chi connectivity index (χ4v) is 2.16. The molecule has 0 saturated carbocycles. The van der Waals surface area contributed by atoms with Gasteiger partial charge in [0.1, 0.15) is 5.75 Å². The lowest BCUT2D eigenvalue weighted by Crippen LogP contribution is -2.29. The Morgan fingerprint density at radius 1 is 1.53 bits per heavy atom. The predicted molar refractivity (Wildman–Crippen MR) is 80.0 cm³/mol. The van der Waals surface area contributed by atoms with Gasteiger partial charge in [0.05, 0.1) is 7.11 Å². The third-order valence-corrected chi connectivity index (χ3v) is 3.49. The molecule has 0 fully saturated rings. The summed E-state index contributed by atoms with van der Waals surface area (Å²) in [7, 11) is 3.43. The van der Waals surface area contributed by atoms with E-state index in [1.807, 2.05) is 25.1 Å². The van der Waals surface area contributed by atoms with Crippen LogP contribution in [0.5, 0.6) is 5.75 Å². The number of methoxy groups -OCH3 is 1. The zero-order valence-electron chi connectivity index (χ0n) is 11.6. The summed E-state index contributed by atoms with van der Waals surface area (Å²) >= 11 is 3.43. The van der Waals surface area contributed by atoms with E-state index in [2.05, 4.69) is 15.9 Å². The zero-order valence-corrected chi connectivity index (χ0v) is 13.2. The molecular weight excluding hydrogens is 308 g/mol. The van der Waals surface area contributed by atoms with Crippen molar-refractivity contribution in [3.05, 3.63) is 28.2 Å². The number of carbonyl (C=O) groups excluding carboxylic acids is 1. The van der Waals surface area contributed by atoms with Crippen molar-refractivity contribution in [2.24, 2.45) is 11.7 Å². The largest absolute Gasteiger partial charge is 0.496 e. The first-order valence-corrected chi connectivity index (χ1v) is 7.03. The van der Waals surface area contributed by atoms with Gasteiger partial charge in [0, 0.05) is 30.0 Å². The summed E-state index contributed by atoms with van der Waals surface area (Å²) in [5.74, 6) is 1.09. The van der Waals surface area contributed by atoms with Crippen molar-refractivity contribution >= 4 is 21.8 Å². The molecule has 0 saturated heterocycles. The van der Waals surface area contributed by atoms with Crippen LogP contribution in [0, 0.1) is 5.92 Å². The second kappa shape index (κ2) is 7.50. The third-order valence-electron chi connectivity index (χ3n) is 3.00. The van der Waals surface area contributed by atoms with E-state index in [1.165, 1.54) is 0 Å². The Kier molecular flexibility index (Phi) is 6.31. The minimum absolute atomic E-state index is 0.0972. The topological polar surface area (TPSA) is 55.6 Å². The van der Waals surface area contributed by atoms with Crippen LogP contribution in [-0.4, -0.2) is 31.5 Å². The standard InChI is InChI=1S/C14H21BrN2O2/c1-10(8-16)6-14(18)17(2)9-11-7-12(15)4-5-13(11)19-3/h4-5,7,10H,6,8-9,16H2,1-3H3. The maximum Gasteiger partial charge on any atom is 0.222 e. The molecule has 0 aliphatic heterocycles. The van der Waals surface area contributed by atoms with Gasteiger partial charge in [-0.25, -0.2) is 0 Å². The third kappa shape index (κ3) is 4.84. The van der Waals surface area contributed by atoms with Gasteiger partial charge in [-0.15, -0.1) is 0 Å². The average molecular weight is 329 g/mol. The molecular formula is C14H21BrN2O2. The predicted octanol–water partition coefficient (Wildman–Crippen LogP) is 2.40. The van der Waals surface area contributed by atoms with Gasteiger partial charge in [-0.05, 0) is 30.7 Å². The molecule has 1 atom stereocenters. The lowest BCUT2D eigenvalue weighted by molar-refractivity contribution is -0.131. The molecule has 5 heteroatoms. The van der Waals surface area contributed by atoms with E-state index in [4.69, 9.17) is 10.5 Å². The molecule has 19 heavy (non-hydrogen) atoms. The molecule has 0 heterocycles. The highest BCUT2D eigenvalue weighted by molar-refractivity contribution is 9.10. The van der Waals surface area contributed by atoms with Crippen LogP contribution in [0.4, 0.5) is 0 Å². The van der Waals surface area contributed by atoms with Crippen LogP contribution in [0.3, 0.4) is 0 Å². The molecule has 0 radical (unpaired) electrons. The molecule has 4 nitrogen and oxygen atoms in total. The summed E-state index contributed by atoms with van der Waals surface area (Å²) in [6.07, 6.45) is 0.476. The Balaban J connectivity index is 2.73. The number of hydrogen-bond acceptors (Lipinski definition) is 3. The molecule has 106 valence electrons. The number of rotatable bonds is 6. The van der Waals surface area contributed by atoms with Crippen LogP contribution in [0.25, 0.3) is 0 Å². The monoisotopic (exact) mass is 328 g/mol. The summed E-state index contributed by atoms with van der Waals surface area (Å²) < 4.78 is 6.28. The summed E-state index contributed by atoms with van der Waals surface area (Å²) in [5.41, 5.74) is 6.52. The number of amides is 1. The fraction of sp³-hybridized carbons (Fsp3) is 0.500. The van der Waals surface area contributed by atoms with Crippen molar-refractivity contribution in [3.8, 4) is 5.75 Å². The van der Waals surface area contributed by atoms with Crippen molar-refractivity contribution in [1.29, 1.82) is 0 Å². The van der Waals surface area contributed by atoms with Gasteiger partial charge in [-0.2, -0.15) is 0 Å². The number of benzene rings is 1. The molecule has 1 aromatic carbocycles.